The molecule has 0 radical (unpaired) electrons. The molecule has 1 fully saturated rings. The van der Waals surface area contributed by atoms with Crippen molar-refractivity contribution in [1.29, 1.82) is 5.26 Å². The standard InChI is InChI=1S/C22H19N3O/c23-16-18-12-15-25(21(18)22(26)24-13-6-7-14-24)20-11-5-4-10-19(20)17-8-2-1-3-9-17/h1-5,8-12,15H,6-7,13-14H2. The normalized spacial score (nSPS) is 13.6. The summed E-state index contributed by atoms with van der Waals surface area (Å²) in [5.41, 5.74) is 3.89. The lowest BCUT2D eigenvalue weighted by Crippen LogP contribution is -2.30. The van der Waals surface area contributed by atoms with Gasteiger partial charge in [-0.15, -0.1) is 0 Å². The SMILES string of the molecule is N#Cc1ccn(-c2ccccc2-c2ccccc2)c1C(=O)N1CCCC1. The van der Waals surface area contributed by atoms with E-state index in [4.69, 9.17) is 0 Å². The van der Waals surface area contributed by atoms with Crippen molar-refractivity contribution in [2.75, 3.05) is 13.1 Å². The average Bonchev–Trinajstić information content (AvgIpc) is 3.38. The van der Waals surface area contributed by atoms with Crippen molar-refractivity contribution in [3.05, 3.63) is 78.1 Å². The maximum atomic E-state index is 13.1. The zero-order valence-electron chi connectivity index (χ0n) is 14.4. The predicted octanol–water partition coefficient (Wildman–Crippen LogP) is 4.25. The molecule has 128 valence electrons. The maximum absolute atomic E-state index is 13.1. The molecular formula is C22H19N3O. The van der Waals surface area contributed by atoms with Crippen LogP contribution in [-0.4, -0.2) is 28.5 Å². The molecule has 4 heteroatoms. The monoisotopic (exact) mass is 341 g/mol. The Kier molecular flexibility index (Phi) is 4.28. The van der Waals surface area contributed by atoms with Gasteiger partial charge in [-0.3, -0.25) is 4.79 Å². The van der Waals surface area contributed by atoms with Crippen molar-refractivity contribution in [2.45, 2.75) is 12.8 Å². The van der Waals surface area contributed by atoms with Gasteiger partial charge in [-0.2, -0.15) is 5.26 Å². The number of nitriles is 1. The third-order valence-corrected chi connectivity index (χ3v) is 4.85. The number of rotatable bonds is 3. The number of para-hydroxylation sites is 1. The van der Waals surface area contributed by atoms with Gasteiger partial charge >= 0.3 is 0 Å². The molecule has 1 amide bonds. The van der Waals surface area contributed by atoms with E-state index >= 15 is 0 Å². The molecule has 1 aliphatic rings. The summed E-state index contributed by atoms with van der Waals surface area (Å²) in [7, 11) is 0. The highest BCUT2D eigenvalue weighted by atomic mass is 16.2. The molecule has 1 aliphatic heterocycles. The highest BCUT2D eigenvalue weighted by molar-refractivity contribution is 5.96. The second-order valence-corrected chi connectivity index (χ2v) is 6.44. The zero-order chi connectivity index (χ0) is 17.9. The van der Waals surface area contributed by atoms with E-state index in [1.165, 1.54) is 0 Å². The van der Waals surface area contributed by atoms with Crippen LogP contribution in [0.25, 0.3) is 16.8 Å². The molecule has 3 aromatic rings. The molecule has 1 aromatic heterocycles. The van der Waals surface area contributed by atoms with Crippen molar-refractivity contribution in [1.82, 2.24) is 9.47 Å². The minimum atomic E-state index is -0.0630. The molecule has 0 spiro atoms. The summed E-state index contributed by atoms with van der Waals surface area (Å²) >= 11 is 0. The summed E-state index contributed by atoms with van der Waals surface area (Å²) in [6.45, 7) is 1.52. The van der Waals surface area contributed by atoms with Crippen LogP contribution in [0.3, 0.4) is 0 Å². The Morgan fingerprint density at radius 1 is 0.923 bits per heavy atom. The summed E-state index contributed by atoms with van der Waals surface area (Å²) in [6.07, 6.45) is 3.87. The number of hydrogen-bond donors (Lipinski definition) is 0. The fourth-order valence-corrected chi connectivity index (χ4v) is 3.56. The van der Waals surface area contributed by atoms with E-state index in [0.717, 1.165) is 42.7 Å². The van der Waals surface area contributed by atoms with Crippen LogP contribution in [0, 0.1) is 11.3 Å². The number of nitrogens with zero attached hydrogens (tertiary/aromatic N) is 3. The summed E-state index contributed by atoms with van der Waals surface area (Å²) in [6, 6.07) is 22.0. The van der Waals surface area contributed by atoms with Crippen LogP contribution in [0.5, 0.6) is 0 Å². The van der Waals surface area contributed by atoms with Crippen LogP contribution in [0.2, 0.25) is 0 Å². The van der Waals surface area contributed by atoms with E-state index < -0.39 is 0 Å². The van der Waals surface area contributed by atoms with E-state index in [1.807, 2.05) is 58.1 Å². The first-order valence-corrected chi connectivity index (χ1v) is 8.85. The second kappa shape index (κ2) is 6.89. The van der Waals surface area contributed by atoms with Crippen molar-refractivity contribution >= 4 is 5.91 Å². The summed E-state index contributed by atoms with van der Waals surface area (Å²) in [5.74, 6) is -0.0630. The van der Waals surface area contributed by atoms with Crippen LogP contribution in [0.4, 0.5) is 0 Å². The molecule has 0 unspecified atom stereocenters. The van der Waals surface area contributed by atoms with Crippen molar-refractivity contribution < 1.29 is 4.79 Å². The predicted molar refractivity (Wildman–Crippen MR) is 101 cm³/mol. The molecule has 4 rings (SSSR count). The number of aromatic nitrogens is 1. The lowest BCUT2D eigenvalue weighted by atomic mass is 10.0. The Morgan fingerprint density at radius 2 is 1.62 bits per heavy atom. The number of likely N-dealkylation sites (tertiary alicyclic amines) is 1. The Balaban J connectivity index is 1.87. The Labute approximate surface area is 152 Å². The fraction of sp³-hybridized carbons (Fsp3) is 0.182. The minimum Gasteiger partial charge on any atom is -0.337 e. The topological polar surface area (TPSA) is 49.0 Å². The maximum Gasteiger partial charge on any atom is 0.272 e. The number of carbonyl (C=O) groups is 1. The first kappa shape index (κ1) is 16.2. The number of benzene rings is 2. The zero-order valence-corrected chi connectivity index (χ0v) is 14.4. The Hall–Kier alpha value is -3.32. The number of hydrogen-bond acceptors (Lipinski definition) is 2. The minimum absolute atomic E-state index is 0.0630. The Morgan fingerprint density at radius 3 is 2.35 bits per heavy atom. The Bertz CT molecular complexity index is 976. The smallest absolute Gasteiger partial charge is 0.272 e. The van der Waals surface area contributed by atoms with Crippen molar-refractivity contribution in [2.24, 2.45) is 0 Å². The van der Waals surface area contributed by atoms with Gasteiger partial charge in [0.25, 0.3) is 5.91 Å². The highest BCUT2D eigenvalue weighted by Crippen LogP contribution is 2.29. The van der Waals surface area contributed by atoms with Crippen LogP contribution >= 0.6 is 0 Å². The van der Waals surface area contributed by atoms with Gasteiger partial charge in [0.1, 0.15) is 11.8 Å². The first-order valence-electron chi connectivity index (χ1n) is 8.85. The van der Waals surface area contributed by atoms with Crippen LogP contribution in [0.1, 0.15) is 28.9 Å². The largest absolute Gasteiger partial charge is 0.337 e. The summed E-state index contributed by atoms with van der Waals surface area (Å²) in [5, 5.41) is 9.52. The summed E-state index contributed by atoms with van der Waals surface area (Å²) < 4.78 is 1.86. The van der Waals surface area contributed by atoms with E-state index in [9.17, 15) is 10.1 Å². The fourth-order valence-electron chi connectivity index (χ4n) is 3.56. The van der Waals surface area contributed by atoms with E-state index in [1.54, 1.807) is 6.07 Å². The molecular weight excluding hydrogens is 322 g/mol. The molecule has 4 nitrogen and oxygen atoms in total. The average molecular weight is 341 g/mol. The van der Waals surface area contributed by atoms with Gasteiger partial charge in [0, 0.05) is 24.8 Å². The van der Waals surface area contributed by atoms with Gasteiger partial charge in [-0.05, 0) is 30.5 Å². The van der Waals surface area contributed by atoms with E-state index in [0.29, 0.717) is 11.3 Å². The molecule has 0 bridgehead atoms. The van der Waals surface area contributed by atoms with Gasteiger partial charge in [0.15, 0.2) is 0 Å². The van der Waals surface area contributed by atoms with Gasteiger partial charge in [0.05, 0.1) is 11.3 Å². The van der Waals surface area contributed by atoms with Crippen LogP contribution in [0.15, 0.2) is 66.9 Å². The second-order valence-electron chi connectivity index (χ2n) is 6.44. The molecule has 0 aliphatic carbocycles. The molecule has 26 heavy (non-hydrogen) atoms. The first-order chi connectivity index (χ1) is 12.8. The van der Waals surface area contributed by atoms with Crippen LogP contribution < -0.4 is 0 Å². The van der Waals surface area contributed by atoms with E-state index in [2.05, 4.69) is 18.2 Å². The molecule has 2 heterocycles. The molecule has 0 N–H and O–H groups in total. The van der Waals surface area contributed by atoms with Gasteiger partial charge < -0.3 is 9.47 Å². The third kappa shape index (κ3) is 2.78. The third-order valence-electron chi connectivity index (χ3n) is 4.85. The van der Waals surface area contributed by atoms with Crippen molar-refractivity contribution in [3.8, 4) is 22.9 Å². The highest BCUT2D eigenvalue weighted by Gasteiger charge is 2.26. The molecule has 2 aromatic carbocycles. The van der Waals surface area contributed by atoms with E-state index in [-0.39, 0.29) is 5.91 Å². The molecule has 1 saturated heterocycles. The molecule has 0 atom stereocenters. The van der Waals surface area contributed by atoms with Gasteiger partial charge in [0.2, 0.25) is 0 Å². The lowest BCUT2D eigenvalue weighted by molar-refractivity contribution is 0.0784. The summed E-state index contributed by atoms with van der Waals surface area (Å²) in [4.78, 5) is 14.9. The number of amides is 1. The van der Waals surface area contributed by atoms with Crippen molar-refractivity contribution in [3.63, 3.8) is 0 Å². The van der Waals surface area contributed by atoms with Crippen LogP contribution in [-0.2, 0) is 0 Å². The van der Waals surface area contributed by atoms with Gasteiger partial charge in [-0.25, -0.2) is 0 Å². The quantitative estimate of drug-likeness (QED) is 0.715. The molecule has 0 saturated carbocycles. The lowest BCUT2D eigenvalue weighted by Gasteiger charge is -2.19. The van der Waals surface area contributed by atoms with Gasteiger partial charge in [-0.1, -0.05) is 48.5 Å². The number of carbonyl (C=O) groups excluding carboxylic acids is 1.